The molecule has 21 heavy (non-hydrogen) atoms. The lowest BCUT2D eigenvalue weighted by Gasteiger charge is -2.38. The van der Waals surface area contributed by atoms with Gasteiger partial charge < -0.3 is 14.2 Å². The van der Waals surface area contributed by atoms with Crippen LogP contribution in [0.25, 0.3) is 4.85 Å². The number of rotatable bonds is 0. The molecule has 112 valence electrons. The van der Waals surface area contributed by atoms with Crippen molar-refractivity contribution in [2.24, 2.45) is 11.8 Å². The lowest BCUT2D eigenvalue weighted by molar-refractivity contribution is -0.172. The van der Waals surface area contributed by atoms with Gasteiger partial charge in [-0.2, -0.15) is 0 Å². The van der Waals surface area contributed by atoms with Gasteiger partial charge in [0.2, 0.25) is 0 Å². The smallest absolute Gasteiger partial charge is 0.398 e. The van der Waals surface area contributed by atoms with E-state index in [1.54, 1.807) is 0 Å². The Balaban J connectivity index is 1.77. The topological polar surface area (TPSA) is 49.1 Å². The summed E-state index contributed by atoms with van der Waals surface area (Å²) in [4.78, 5) is 16.1. The molecule has 3 fully saturated rings. The van der Waals surface area contributed by atoms with Crippen molar-refractivity contribution in [1.82, 2.24) is 0 Å². The molecule has 1 unspecified atom stereocenters. The van der Waals surface area contributed by atoms with Crippen LogP contribution in [0.3, 0.4) is 0 Å². The van der Waals surface area contributed by atoms with E-state index in [1.807, 2.05) is 6.08 Å². The monoisotopic (exact) mass is 289 g/mol. The molecule has 2 saturated heterocycles. The highest BCUT2D eigenvalue weighted by molar-refractivity contribution is 5.90. The van der Waals surface area contributed by atoms with Gasteiger partial charge in [-0.25, -0.2) is 11.4 Å². The van der Waals surface area contributed by atoms with E-state index in [1.165, 1.54) is 0 Å². The minimum atomic E-state index is -1.08. The molecule has 0 aromatic rings. The summed E-state index contributed by atoms with van der Waals surface area (Å²) in [6.07, 6.45) is 4.71. The van der Waals surface area contributed by atoms with Crippen LogP contribution < -0.4 is 0 Å². The molecule has 1 saturated carbocycles. The molecule has 0 N–H and O–H groups in total. The third-order valence-corrected chi connectivity index (χ3v) is 5.50. The van der Waals surface area contributed by atoms with E-state index >= 15 is 0 Å². The molecular formula is C16H19NO4. The summed E-state index contributed by atoms with van der Waals surface area (Å²) in [6, 6.07) is 0. The zero-order chi connectivity index (χ0) is 14.7. The van der Waals surface area contributed by atoms with Crippen molar-refractivity contribution in [1.29, 1.82) is 0 Å². The van der Waals surface area contributed by atoms with Crippen LogP contribution in [0, 0.1) is 18.4 Å². The highest BCUT2D eigenvalue weighted by Gasteiger charge is 2.64. The third kappa shape index (κ3) is 1.72. The van der Waals surface area contributed by atoms with E-state index in [4.69, 9.17) is 20.8 Å². The van der Waals surface area contributed by atoms with E-state index in [0.29, 0.717) is 26.1 Å². The molecule has 0 radical (unpaired) electrons. The first-order chi connectivity index (χ1) is 10.1. The molecule has 2 heterocycles. The summed E-state index contributed by atoms with van der Waals surface area (Å²) in [7, 11) is 0. The zero-order valence-electron chi connectivity index (χ0n) is 12.1. The van der Waals surface area contributed by atoms with Gasteiger partial charge in [-0.15, -0.1) is 0 Å². The number of hydrogen-bond acceptors (Lipinski definition) is 4. The molecule has 4 rings (SSSR count). The Morgan fingerprint density at radius 1 is 1.33 bits per heavy atom. The summed E-state index contributed by atoms with van der Waals surface area (Å²) < 4.78 is 17.1. The van der Waals surface area contributed by atoms with E-state index in [2.05, 4.69) is 11.8 Å². The van der Waals surface area contributed by atoms with Gasteiger partial charge in [0.1, 0.15) is 6.10 Å². The van der Waals surface area contributed by atoms with Crippen LogP contribution in [0.15, 0.2) is 11.6 Å². The second-order valence-electron chi connectivity index (χ2n) is 6.71. The van der Waals surface area contributed by atoms with E-state index < -0.39 is 11.3 Å². The van der Waals surface area contributed by atoms with Crippen molar-refractivity contribution < 1.29 is 19.0 Å². The lowest BCUT2D eigenvalue weighted by Crippen LogP contribution is -2.43. The van der Waals surface area contributed by atoms with E-state index in [9.17, 15) is 4.79 Å². The molecular weight excluding hydrogens is 270 g/mol. The Morgan fingerprint density at radius 3 is 2.81 bits per heavy atom. The first-order valence-corrected chi connectivity index (χ1v) is 7.67. The average molecular weight is 289 g/mol. The summed E-state index contributed by atoms with van der Waals surface area (Å²) in [5.74, 6) is -0.428. The number of carbonyl (C=O) groups excluding carboxylic acids is 1. The van der Waals surface area contributed by atoms with Gasteiger partial charge in [-0.3, -0.25) is 4.85 Å². The SMILES string of the molecule is [C-]#[N+][C@]12C[C@H](OC1=O)[C@H](C)CC1CC3(CC=C12)OCCO3. The van der Waals surface area contributed by atoms with Gasteiger partial charge in [0.15, 0.2) is 5.79 Å². The predicted octanol–water partition coefficient (Wildman–Crippen LogP) is 2.08. The van der Waals surface area contributed by atoms with Crippen LogP contribution in [-0.2, 0) is 19.0 Å². The van der Waals surface area contributed by atoms with Crippen molar-refractivity contribution in [3.05, 3.63) is 23.1 Å². The summed E-state index contributed by atoms with van der Waals surface area (Å²) in [5.41, 5.74) is -0.126. The first kappa shape index (κ1) is 13.3. The Kier molecular flexibility index (Phi) is 2.73. The van der Waals surface area contributed by atoms with Gasteiger partial charge in [0, 0.05) is 18.4 Å². The molecule has 1 spiro atoms. The average Bonchev–Trinajstić information content (AvgIpc) is 3.02. The Hall–Kier alpha value is -1.38. The highest BCUT2D eigenvalue weighted by Crippen LogP contribution is 2.52. The van der Waals surface area contributed by atoms with Gasteiger partial charge >= 0.3 is 11.5 Å². The molecule has 0 amide bonds. The molecule has 5 heteroatoms. The summed E-state index contributed by atoms with van der Waals surface area (Å²) >= 11 is 0. The number of hydrogen-bond donors (Lipinski definition) is 0. The Labute approximate surface area is 124 Å². The Bertz CT molecular complexity index is 557. The number of nitrogens with zero attached hydrogens (tertiary/aromatic N) is 1. The van der Waals surface area contributed by atoms with Crippen molar-refractivity contribution in [2.45, 2.75) is 50.0 Å². The molecule has 2 aliphatic heterocycles. The zero-order valence-corrected chi connectivity index (χ0v) is 12.1. The maximum Gasteiger partial charge on any atom is 0.398 e. The standard InChI is InChI=1S/C16H19NO4/c1-10-7-11-8-15(19-5-6-20-15)4-3-12(11)16(17-2)9-13(10)21-14(16)18/h3,10-11,13H,4-9H2,1H3/t10-,11?,13+,16+/m1/s1. The number of ether oxygens (including phenoxy) is 3. The lowest BCUT2D eigenvalue weighted by atomic mass is 9.73. The van der Waals surface area contributed by atoms with Crippen molar-refractivity contribution in [2.75, 3.05) is 13.2 Å². The van der Waals surface area contributed by atoms with E-state index in [-0.39, 0.29) is 23.9 Å². The summed E-state index contributed by atoms with van der Waals surface area (Å²) in [5, 5.41) is 0. The number of esters is 1. The molecule has 0 aromatic carbocycles. The molecule has 4 atom stereocenters. The predicted molar refractivity (Wildman–Crippen MR) is 73.1 cm³/mol. The fraction of sp³-hybridized carbons (Fsp3) is 0.750. The maximum absolute atomic E-state index is 12.3. The Morgan fingerprint density at radius 2 is 2.10 bits per heavy atom. The van der Waals surface area contributed by atoms with Crippen molar-refractivity contribution in [3.63, 3.8) is 0 Å². The molecule has 2 aliphatic carbocycles. The minimum Gasteiger partial charge on any atom is -0.455 e. The van der Waals surface area contributed by atoms with Crippen molar-refractivity contribution >= 4 is 5.97 Å². The van der Waals surface area contributed by atoms with E-state index in [0.717, 1.165) is 18.4 Å². The maximum atomic E-state index is 12.3. The van der Waals surface area contributed by atoms with Crippen LogP contribution in [0.5, 0.6) is 0 Å². The minimum absolute atomic E-state index is 0.125. The number of fused-ring (bicyclic) bond motifs is 4. The van der Waals surface area contributed by atoms with Crippen LogP contribution in [0.2, 0.25) is 0 Å². The normalized spacial score (nSPS) is 43.7. The first-order valence-electron chi connectivity index (χ1n) is 7.67. The fourth-order valence-corrected chi connectivity index (χ4v) is 4.41. The highest BCUT2D eigenvalue weighted by atomic mass is 16.7. The number of carbonyl (C=O) groups is 1. The third-order valence-electron chi connectivity index (χ3n) is 5.50. The van der Waals surface area contributed by atoms with Crippen molar-refractivity contribution in [3.8, 4) is 0 Å². The van der Waals surface area contributed by atoms with Gasteiger partial charge in [0.25, 0.3) is 0 Å². The quantitative estimate of drug-likeness (QED) is 0.389. The molecule has 0 aromatic heterocycles. The van der Waals surface area contributed by atoms with Crippen LogP contribution in [0.1, 0.15) is 32.6 Å². The van der Waals surface area contributed by atoms with Crippen LogP contribution in [-0.4, -0.2) is 36.6 Å². The van der Waals surface area contributed by atoms with Gasteiger partial charge in [-0.1, -0.05) is 13.0 Å². The van der Waals surface area contributed by atoms with Gasteiger partial charge in [-0.05, 0) is 18.3 Å². The molecule has 2 bridgehead atoms. The van der Waals surface area contributed by atoms with Crippen LogP contribution in [0.4, 0.5) is 0 Å². The largest absolute Gasteiger partial charge is 0.455 e. The fourth-order valence-electron chi connectivity index (χ4n) is 4.41. The molecule has 5 nitrogen and oxygen atoms in total. The summed E-state index contributed by atoms with van der Waals surface area (Å²) in [6.45, 7) is 11.0. The molecule has 4 aliphatic rings. The van der Waals surface area contributed by atoms with Crippen LogP contribution >= 0.6 is 0 Å². The second-order valence-corrected chi connectivity index (χ2v) is 6.71. The van der Waals surface area contributed by atoms with Gasteiger partial charge in [0.05, 0.1) is 19.6 Å². The second kappa shape index (κ2) is 4.31.